The first-order chi connectivity index (χ1) is 12.6. The third-order valence-electron chi connectivity index (χ3n) is 5.74. The van der Waals surface area contributed by atoms with Crippen LogP contribution in [0.3, 0.4) is 0 Å². The van der Waals surface area contributed by atoms with Crippen molar-refractivity contribution in [3.63, 3.8) is 0 Å². The van der Waals surface area contributed by atoms with Gasteiger partial charge in [0.1, 0.15) is 0 Å². The number of carbonyl (C=O) groups excluding carboxylic acids is 1. The minimum atomic E-state index is -0.175. The normalized spacial score (nSPS) is 23.7. The van der Waals surface area contributed by atoms with Crippen LogP contribution in [-0.2, 0) is 11.3 Å². The van der Waals surface area contributed by atoms with E-state index in [4.69, 9.17) is 0 Å². The first kappa shape index (κ1) is 19.4. The molecule has 5 heteroatoms. The van der Waals surface area contributed by atoms with Gasteiger partial charge in [-0.05, 0) is 41.7 Å². The van der Waals surface area contributed by atoms with Gasteiger partial charge in [0, 0.05) is 19.6 Å². The summed E-state index contributed by atoms with van der Waals surface area (Å²) in [6.45, 7) is 6.32. The topological polar surface area (TPSA) is 56.1 Å². The Balaban J connectivity index is 0.00000210. The van der Waals surface area contributed by atoms with Gasteiger partial charge in [-0.25, -0.2) is 0 Å². The molecule has 2 heterocycles. The molecule has 4 rings (SSSR count). The number of nitrogens with zero attached hydrogens (tertiary/aromatic N) is 2. The van der Waals surface area contributed by atoms with E-state index in [0.717, 1.165) is 30.6 Å². The van der Waals surface area contributed by atoms with E-state index in [1.54, 1.807) is 0 Å². The van der Waals surface area contributed by atoms with E-state index < -0.39 is 0 Å². The number of rotatable bonds is 3. The maximum atomic E-state index is 13.4. The molecule has 27 heavy (non-hydrogen) atoms. The smallest absolute Gasteiger partial charge is 0.235 e. The second-order valence-corrected chi connectivity index (χ2v) is 7.26. The molecule has 3 aliphatic rings. The number of allylic oxidation sites excluding steroid dienone is 3. The first-order valence-electron chi connectivity index (χ1n) is 9.25. The van der Waals surface area contributed by atoms with Gasteiger partial charge in [0.05, 0.1) is 23.6 Å². The summed E-state index contributed by atoms with van der Waals surface area (Å²) in [5, 5.41) is 12.8. The maximum absolute atomic E-state index is 13.4. The predicted octanol–water partition coefficient (Wildman–Crippen LogP) is 3.50. The van der Waals surface area contributed by atoms with E-state index in [9.17, 15) is 10.1 Å². The summed E-state index contributed by atoms with van der Waals surface area (Å²) in [5.74, 6) is -0.0176. The van der Waals surface area contributed by atoms with E-state index >= 15 is 0 Å². The molecule has 1 amide bonds. The summed E-state index contributed by atoms with van der Waals surface area (Å²) >= 11 is 0. The van der Waals surface area contributed by atoms with Crippen LogP contribution in [0, 0.1) is 17.2 Å². The van der Waals surface area contributed by atoms with Crippen LogP contribution >= 0.6 is 12.4 Å². The van der Waals surface area contributed by atoms with Gasteiger partial charge in [-0.3, -0.25) is 4.79 Å². The van der Waals surface area contributed by atoms with Gasteiger partial charge < -0.3 is 10.2 Å². The Bertz CT molecular complexity index is 906. The Kier molecular flexibility index (Phi) is 5.55. The summed E-state index contributed by atoms with van der Waals surface area (Å²) in [6, 6.07) is 9.91. The van der Waals surface area contributed by atoms with Gasteiger partial charge in [0.2, 0.25) is 5.91 Å². The SMILES string of the molecule is CCC1=CC2=C3CNC[C@H]3N(Cc3ccccc3C#N)C(=O)[C@@H]2C(C)=C1.Cl. The number of nitrogens with one attached hydrogen (secondary N) is 1. The quantitative estimate of drug-likeness (QED) is 0.871. The summed E-state index contributed by atoms with van der Waals surface area (Å²) in [4.78, 5) is 15.4. The zero-order valence-corrected chi connectivity index (χ0v) is 16.5. The monoisotopic (exact) mass is 381 g/mol. The van der Waals surface area contributed by atoms with Crippen molar-refractivity contribution in [1.29, 1.82) is 5.26 Å². The molecule has 0 unspecified atom stereocenters. The van der Waals surface area contributed by atoms with Crippen molar-refractivity contribution in [3.8, 4) is 6.07 Å². The number of carbonyl (C=O) groups is 1. The number of hydrogen-bond donors (Lipinski definition) is 1. The van der Waals surface area contributed by atoms with E-state index in [-0.39, 0.29) is 30.3 Å². The van der Waals surface area contributed by atoms with Gasteiger partial charge >= 0.3 is 0 Å². The number of halogens is 1. The van der Waals surface area contributed by atoms with Crippen LogP contribution in [0.25, 0.3) is 0 Å². The highest BCUT2D eigenvalue weighted by Crippen LogP contribution is 2.40. The molecule has 0 aromatic heterocycles. The molecule has 1 aromatic rings. The minimum Gasteiger partial charge on any atom is -0.329 e. The van der Waals surface area contributed by atoms with Gasteiger partial charge in [-0.1, -0.05) is 42.8 Å². The Morgan fingerprint density at radius 1 is 1.30 bits per heavy atom. The van der Waals surface area contributed by atoms with Gasteiger partial charge in [0.25, 0.3) is 0 Å². The van der Waals surface area contributed by atoms with Crippen molar-refractivity contribution >= 4 is 18.3 Å². The Labute approximate surface area is 166 Å². The van der Waals surface area contributed by atoms with E-state index in [1.807, 2.05) is 29.2 Å². The third kappa shape index (κ3) is 3.22. The van der Waals surface area contributed by atoms with E-state index in [0.29, 0.717) is 12.1 Å². The van der Waals surface area contributed by atoms with Crippen molar-refractivity contribution in [1.82, 2.24) is 10.2 Å². The molecule has 1 fully saturated rings. The maximum Gasteiger partial charge on any atom is 0.235 e. The number of nitriles is 1. The largest absolute Gasteiger partial charge is 0.329 e. The highest BCUT2D eigenvalue weighted by molar-refractivity contribution is 5.89. The zero-order valence-electron chi connectivity index (χ0n) is 15.7. The summed E-state index contributed by atoms with van der Waals surface area (Å²) in [6.07, 6.45) is 5.37. The van der Waals surface area contributed by atoms with Crippen molar-refractivity contribution in [2.24, 2.45) is 5.92 Å². The molecule has 2 aliphatic heterocycles. The van der Waals surface area contributed by atoms with Gasteiger partial charge in [-0.2, -0.15) is 5.26 Å². The number of fused-ring (bicyclic) bond motifs is 2. The molecule has 2 atom stereocenters. The Morgan fingerprint density at radius 2 is 2.07 bits per heavy atom. The van der Waals surface area contributed by atoms with Crippen LogP contribution in [0.15, 0.2) is 58.7 Å². The Hall–Kier alpha value is -2.35. The minimum absolute atomic E-state index is 0. The fourth-order valence-corrected chi connectivity index (χ4v) is 4.39. The van der Waals surface area contributed by atoms with Crippen molar-refractivity contribution in [2.75, 3.05) is 13.1 Å². The molecular formula is C22H24ClN3O. The molecular weight excluding hydrogens is 358 g/mol. The molecule has 1 aromatic carbocycles. The second kappa shape index (κ2) is 7.72. The fraction of sp³-hybridized carbons (Fsp3) is 0.364. The van der Waals surface area contributed by atoms with Crippen molar-refractivity contribution in [2.45, 2.75) is 32.9 Å². The third-order valence-corrected chi connectivity index (χ3v) is 5.74. The number of hydrogen-bond acceptors (Lipinski definition) is 3. The zero-order chi connectivity index (χ0) is 18.3. The fourth-order valence-electron chi connectivity index (χ4n) is 4.39. The van der Waals surface area contributed by atoms with Crippen LogP contribution in [0.1, 0.15) is 31.4 Å². The lowest BCUT2D eigenvalue weighted by atomic mass is 9.77. The summed E-state index contributed by atoms with van der Waals surface area (Å²) in [5.41, 5.74) is 6.52. The van der Waals surface area contributed by atoms with Crippen LogP contribution in [0.5, 0.6) is 0 Å². The lowest BCUT2D eigenvalue weighted by Gasteiger charge is -2.40. The molecule has 0 bridgehead atoms. The van der Waals surface area contributed by atoms with Crippen LogP contribution in [0.2, 0.25) is 0 Å². The van der Waals surface area contributed by atoms with E-state index in [2.05, 4.69) is 37.4 Å². The van der Waals surface area contributed by atoms with Crippen molar-refractivity contribution in [3.05, 3.63) is 69.8 Å². The molecule has 0 saturated carbocycles. The van der Waals surface area contributed by atoms with Crippen LogP contribution in [-0.4, -0.2) is 29.9 Å². The van der Waals surface area contributed by atoms with Gasteiger partial charge in [-0.15, -0.1) is 12.4 Å². The lowest BCUT2D eigenvalue weighted by Crippen LogP contribution is -2.49. The molecule has 1 aliphatic carbocycles. The Morgan fingerprint density at radius 3 is 2.81 bits per heavy atom. The number of amides is 1. The molecule has 0 radical (unpaired) electrons. The van der Waals surface area contributed by atoms with E-state index in [1.165, 1.54) is 16.7 Å². The molecule has 0 spiro atoms. The molecule has 140 valence electrons. The molecule has 1 N–H and O–H groups in total. The lowest BCUT2D eigenvalue weighted by molar-refractivity contribution is -0.136. The summed E-state index contributed by atoms with van der Waals surface area (Å²) < 4.78 is 0. The highest BCUT2D eigenvalue weighted by Gasteiger charge is 2.43. The average molecular weight is 382 g/mol. The molecule has 4 nitrogen and oxygen atoms in total. The second-order valence-electron chi connectivity index (χ2n) is 7.26. The standard InChI is InChI=1S/C22H23N3O.ClH/c1-3-15-8-14(2)21-18(9-15)19-11-24-12-20(19)25(22(21)26)13-17-7-5-4-6-16(17)10-23;/h4-9,20-21,24H,3,11-13H2,1-2H3;1H/t20-,21-;/m1./s1. The van der Waals surface area contributed by atoms with Gasteiger partial charge in [0.15, 0.2) is 0 Å². The highest BCUT2D eigenvalue weighted by atomic mass is 35.5. The predicted molar refractivity (Wildman–Crippen MR) is 108 cm³/mol. The first-order valence-corrected chi connectivity index (χ1v) is 9.25. The molecule has 1 saturated heterocycles. The van der Waals surface area contributed by atoms with Crippen molar-refractivity contribution < 1.29 is 4.79 Å². The van der Waals surface area contributed by atoms with Crippen LogP contribution in [0.4, 0.5) is 0 Å². The average Bonchev–Trinajstić information content (AvgIpc) is 3.14. The number of benzene rings is 1. The summed E-state index contributed by atoms with van der Waals surface area (Å²) in [7, 11) is 0. The van der Waals surface area contributed by atoms with Crippen LogP contribution < -0.4 is 5.32 Å².